The molecule has 1 heterocycles. The molecule has 1 aliphatic heterocycles. The average molecular weight is 864 g/mol. The highest BCUT2D eigenvalue weighted by Crippen LogP contribution is 2.57. The molecule has 11 heteroatoms. The van der Waals surface area contributed by atoms with Crippen LogP contribution >= 0.6 is 0 Å². The maximum Gasteiger partial charge on any atom is 0.310 e. The molecule has 5 fully saturated rings. The first kappa shape index (κ1) is 49.9. The second-order valence-electron chi connectivity index (χ2n) is 20.7. The van der Waals surface area contributed by atoms with E-state index < -0.39 is 41.6 Å². The molecule has 0 aromatic heterocycles. The Morgan fingerprint density at radius 1 is 0.839 bits per heavy atom. The first-order chi connectivity index (χ1) is 29.5. The maximum atomic E-state index is 14.5. The molecule has 62 heavy (non-hydrogen) atoms. The molecule has 1 saturated heterocycles. The van der Waals surface area contributed by atoms with Crippen molar-refractivity contribution in [3.05, 3.63) is 35.9 Å². The van der Waals surface area contributed by atoms with Crippen LogP contribution in [0, 0.1) is 53.3 Å². The third-order valence-electron chi connectivity index (χ3n) is 15.6. The van der Waals surface area contributed by atoms with Gasteiger partial charge in [0.25, 0.3) is 0 Å². The van der Waals surface area contributed by atoms with Gasteiger partial charge < -0.3 is 29.3 Å². The van der Waals surface area contributed by atoms with Crippen molar-refractivity contribution in [3.8, 4) is 0 Å². The van der Waals surface area contributed by atoms with E-state index in [-0.39, 0.29) is 78.5 Å². The molecule has 5 aliphatic rings. The van der Waals surface area contributed by atoms with Crippen LogP contribution < -0.4 is 5.32 Å². The van der Waals surface area contributed by atoms with Crippen LogP contribution in [0.15, 0.2) is 30.3 Å². The van der Waals surface area contributed by atoms with Gasteiger partial charge >= 0.3 is 5.97 Å². The number of rotatable bonds is 24. The summed E-state index contributed by atoms with van der Waals surface area (Å²) in [4.78, 5) is 74.4. The van der Waals surface area contributed by atoms with Gasteiger partial charge in [0.05, 0.1) is 42.7 Å². The highest BCUT2D eigenvalue weighted by molar-refractivity contribution is 5.90. The Morgan fingerprint density at radius 2 is 1.45 bits per heavy atom. The van der Waals surface area contributed by atoms with E-state index in [1.165, 1.54) is 19.3 Å². The number of ether oxygens (including phenoxy) is 3. The van der Waals surface area contributed by atoms with E-state index in [2.05, 4.69) is 19.2 Å². The summed E-state index contributed by atoms with van der Waals surface area (Å²) in [7, 11) is 6.76. The lowest BCUT2D eigenvalue weighted by molar-refractivity contribution is -0.191. The Balaban J connectivity index is 1.28. The highest BCUT2D eigenvalue weighted by Gasteiger charge is 2.54. The minimum Gasteiger partial charge on any atom is -0.459 e. The van der Waals surface area contributed by atoms with Crippen molar-refractivity contribution in [2.24, 2.45) is 53.3 Å². The summed E-state index contributed by atoms with van der Waals surface area (Å²) in [5, 5.41) is 3.13. The minimum absolute atomic E-state index is 0.00291. The van der Waals surface area contributed by atoms with Crippen LogP contribution in [0.1, 0.15) is 131 Å². The molecule has 6 rings (SSSR count). The number of esters is 1. The summed E-state index contributed by atoms with van der Waals surface area (Å²) < 4.78 is 18.8. The molecule has 4 aliphatic carbocycles. The number of nitrogens with zero attached hydrogens (tertiary/aromatic N) is 2. The van der Waals surface area contributed by atoms with Crippen LogP contribution in [-0.2, 0) is 44.6 Å². The number of amides is 2. The molecule has 0 unspecified atom stereocenters. The van der Waals surface area contributed by atoms with Gasteiger partial charge in [0.1, 0.15) is 11.4 Å². The van der Waals surface area contributed by atoms with Gasteiger partial charge in [-0.25, -0.2) is 0 Å². The lowest BCUT2D eigenvalue weighted by Crippen LogP contribution is -2.54. The lowest BCUT2D eigenvalue weighted by atomic mass is 9.54. The molecule has 4 saturated carbocycles. The number of hydrogen-bond donors (Lipinski definition) is 1. The van der Waals surface area contributed by atoms with Gasteiger partial charge in [-0.2, -0.15) is 0 Å². The lowest BCUT2D eigenvalue weighted by Gasteiger charge is -2.55. The Labute approximate surface area is 373 Å². The van der Waals surface area contributed by atoms with E-state index in [9.17, 15) is 24.0 Å². The summed E-state index contributed by atoms with van der Waals surface area (Å²) in [6, 6.07) is 8.79. The molecule has 1 aromatic rings. The second kappa shape index (κ2) is 22.2. The SMILES string of the molecule is CC[C@H](C)[C@@H]([C@@H](CC(=O)N1CCC[C@H]1[C@H](OC)[C@@H](C)C(=O)C[C@@H](Cc1ccccc1)C(=O)OC12CC3CC(CC(C3)C1)C2)OC)N(C)C(=O)[C@@H](CC(=O)[C@@H](NC)C(C)C)C(C)C. The van der Waals surface area contributed by atoms with Crippen LogP contribution in [0.5, 0.6) is 0 Å². The number of ketones is 2. The summed E-state index contributed by atoms with van der Waals surface area (Å²) in [6.07, 6.45) is 8.25. The van der Waals surface area contributed by atoms with Gasteiger partial charge in [0.15, 0.2) is 5.78 Å². The van der Waals surface area contributed by atoms with Crippen molar-refractivity contribution in [1.82, 2.24) is 15.1 Å². The molecule has 2 amide bonds. The van der Waals surface area contributed by atoms with E-state index in [4.69, 9.17) is 14.2 Å². The number of Topliss-reactive ketones (excluding diaryl/α,β-unsaturated/α-hetero) is 2. The molecule has 9 atom stereocenters. The van der Waals surface area contributed by atoms with Crippen LogP contribution in [0.2, 0.25) is 0 Å². The standard InChI is InChI=1S/C51H81N3O8/c1-12-33(6)47(53(9)49(58)40(31(2)3)26-43(56)46(52-8)32(4)5)44(60-10)27-45(57)54-20-16-19-41(54)48(61-11)34(7)42(55)25-39(24-35-17-14-13-15-18-35)50(59)62-51-28-36-21-37(29-51)23-38(22-36)30-51/h13-15,17-18,31-34,36-41,44,46-48,52H,12,16,19-30H2,1-11H3/t33-,34-,36?,37?,38?,39+,40-,41-,44+,46-,47-,48+,51?/m0/s1. The normalized spacial score (nSPS) is 27.0. The van der Waals surface area contributed by atoms with Gasteiger partial charge in [-0.1, -0.05) is 85.2 Å². The Kier molecular flexibility index (Phi) is 17.8. The van der Waals surface area contributed by atoms with Crippen molar-refractivity contribution >= 4 is 29.4 Å². The van der Waals surface area contributed by atoms with E-state index >= 15 is 0 Å². The predicted octanol–water partition coefficient (Wildman–Crippen LogP) is 7.71. The molecule has 0 spiro atoms. The van der Waals surface area contributed by atoms with Gasteiger partial charge in [0.2, 0.25) is 11.8 Å². The quantitative estimate of drug-likeness (QED) is 0.104. The van der Waals surface area contributed by atoms with Gasteiger partial charge in [-0.05, 0) is 106 Å². The van der Waals surface area contributed by atoms with E-state index in [0.29, 0.717) is 37.1 Å². The summed E-state index contributed by atoms with van der Waals surface area (Å²) >= 11 is 0. The summed E-state index contributed by atoms with van der Waals surface area (Å²) in [6.45, 7) is 14.5. The zero-order valence-corrected chi connectivity index (χ0v) is 40.0. The molecule has 1 aromatic carbocycles. The number of hydrogen-bond acceptors (Lipinski definition) is 9. The number of methoxy groups -OCH3 is 2. The Bertz CT molecular complexity index is 1630. The molecular weight excluding hydrogens is 783 g/mol. The van der Waals surface area contributed by atoms with Crippen molar-refractivity contribution in [3.63, 3.8) is 0 Å². The zero-order chi connectivity index (χ0) is 45.5. The highest BCUT2D eigenvalue weighted by atomic mass is 16.6. The van der Waals surface area contributed by atoms with Crippen molar-refractivity contribution in [2.75, 3.05) is 34.9 Å². The van der Waals surface area contributed by atoms with Crippen LogP contribution in [-0.4, -0.2) is 110 Å². The van der Waals surface area contributed by atoms with E-state index in [1.54, 1.807) is 33.2 Å². The minimum atomic E-state index is -0.618. The number of nitrogens with one attached hydrogen (secondary N) is 1. The number of likely N-dealkylation sites (tertiary alicyclic amines) is 1. The molecular formula is C51H81N3O8. The fraction of sp³-hybridized carbons (Fsp3) is 0.784. The zero-order valence-electron chi connectivity index (χ0n) is 40.0. The Hall–Kier alpha value is -3.15. The second-order valence-corrected chi connectivity index (χ2v) is 20.7. The number of carbonyl (C=O) groups excluding carboxylic acids is 5. The van der Waals surface area contributed by atoms with Crippen molar-refractivity contribution in [2.45, 2.75) is 168 Å². The first-order valence-electron chi connectivity index (χ1n) is 24.1. The van der Waals surface area contributed by atoms with Gasteiger partial charge in [-0.15, -0.1) is 0 Å². The smallest absolute Gasteiger partial charge is 0.310 e. The van der Waals surface area contributed by atoms with Crippen molar-refractivity contribution < 1.29 is 38.2 Å². The fourth-order valence-electron chi connectivity index (χ4n) is 12.4. The van der Waals surface area contributed by atoms with E-state index in [1.807, 2.05) is 69.9 Å². The maximum absolute atomic E-state index is 14.5. The van der Waals surface area contributed by atoms with Crippen molar-refractivity contribution in [1.29, 1.82) is 0 Å². The monoisotopic (exact) mass is 864 g/mol. The molecule has 348 valence electrons. The third kappa shape index (κ3) is 11.7. The third-order valence-corrected chi connectivity index (χ3v) is 15.6. The molecule has 4 bridgehead atoms. The summed E-state index contributed by atoms with van der Waals surface area (Å²) in [5.74, 6) is -0.339. The van der Waals surface area contributed by atoms with Gasteiger partial charge in [-0.3, -0.25) is 24.0 Å². The first-order valence-corrected chi connectivity index (χ1v) is 24.1. The molecule has 1 N–H and O–H groups in total. The van der Waals surface area contributed by atoms with Crippen LogP contribution in [0.4, 0.5) is 0 Å². The largest absolute Gasteiger partial charge is 0.459 e. The van der Waals surface area contributed by atoms with Crippen LogP contribution in [0.3, 0.4) is 0 Å². The van der Waals surface area contributed by atoms with Crippen LogP contribution in [0.25, 0.3) is 0 Å². The molecule has 11 nitrogen and oxygen atoms in total. The number of carbonyl (C=O) groups is 5. The van der Waals surface area contributed by atoms with E-state index in [0.717, 1.165) is 37.7 Å². The number of likely N-dealkylation sites (N-methyl/N-ethyl adjacent to an activating group) is 2. The number of benzene rings is 1. The Morgan fingerprint density at radius 3 is 1.97 bits per heavy atom. The average Bonchev–Trinajstić information content (AvgIpc) is 3.71. The summed E-state index contributed by atoms with van der Waals surface area (Å²) in [5.41, 5.74) is 0.595. The molecule has 0 radical (unpaired) electrons. The predicted molar refractivity (Wildman–Crippen MR) is 242 cm³/mol. The topological polar surface area (TPSA) is 132 Å². The van der Waals surface area contributed by atoms with Gasteiger partial charge in [0, 0.05) is 52.5 Å². The fourth-order valence-corrected chi connectivity index (χ4v) is 12.4.